The quantitative estimate of drug-likeness (QED) is 0.776. The van der Waals surface area contributed by atoms with Crippen LogP contribution in [-0.2, 0) is 6.42 Å². The van der Waals surface area contributed by atoms with Gasteiger partial charge in [0.2, 0.25) is 6.39 Å². The first-order valence-electron chi connectivity index (χ1n) is 4.06. The zero-order valence-electron chi connectivity index (χ0n) is 7.30. The van der Waals surface area contributed by atoms with Gasteiger partial charge in [-0.15, -0.1) is 0 Å². The van der Waals surface area contributed by atoms with E-state index in [1.807, 2.05) is 0 Å². The molecule has 0 atom stereocenters. The molecule has 0 aliphatic heterocycles. The molecule has 2 rings (SSSR count). The van der Waals surface area contributed by atoms with E-state index in [4.69, 9.17) is 5.73 Å². The third-order valence-electron chi connectivity index (χ3n) is 1.58. The Labute approximate surface area is 84.3 Å². The summed E-state index contributed by atoms with van der Waals surface area (Å²) in [6.07, 6.45) is 2.04. The summed E-state index contributed by atoms with van der Waals surface area (Å²) < 4.78 is 8.54. The molecule has 0 fully saturated rings. The molecule has 0 aromatic carbocycles. The molecule has 0 saturated heterocycles. The van der Waals surface area contributed by atoms with Crippen LogP contribution in [0.4, 0.5) is 10.8 Å². The molecule has 2 heterocycles. The lowest BCUT2D eigenvalue weighted by Crippen LogP contribution is -2.04. The van der Waals surface area contributed by atoms with Crippen LogP contribution in [0.15, 0.2) is 17.0 Å². The van der Waals surface area contributed by atoms with Crippen molar-refractivity contribution in [2.24, 2.45) is 0 Å². The summed E-state index contributed by atoms with van der Waals surface area (Å²) in [4.78, 5) is 3.90. The number of hydrogen-bond acceptors (Lipinski definition) is 7. The molecule has 2 aromatic heterocycles. The van der Waals surface area contributed by atoms with E-state index in [2.05, 4.69) is 24.4 Å². The van der Waals surface area contributed by atoms with Gasteiger partial charge in [0.05, 0.1) is 0 Å². The molecule has 0 bridgehead atoms. The number of rotatable bonds is 4. The lowest BCUT2D eigenvalue weighted by molar-refractivity contribution is 0.410. The summed E-state index contributed by atoms with van der Waals surface area (Å²) in [6.45, 7) is 0.737. The van der Waals surface area contributed by atoms with E-state index in [9.17, 15) is 0 Å². The molecule has 0 unspecified atom stereocenters. The van der Waals surface area contributed by atoms with Crippen LogP contribution in [0.3, 0.4) is 0 Å². The first kappa shape index (κ1) is 8.95. The number of nitrogens with two attached hydrogens (primary N) is 1. The molecule has 74 valence electrons. The Kier molecular flexibility index (Phi) is 2.59. The van der Waals surface area contributed by atoms with Crippen molar-refractivity contribution < 1.29 is 4.52 Å². The molecule has 0 saturated carbocycles. The van der Waals surface area contributed by atoms with Crippen LogP contribution in [-0.4, -0.2) is 21.1 Å². The number of anilines is 2. The topological polar surface area (TPSA) is 89.9 Å². The van der Waals surface area contributed by atoms with E-state index in [0.29, 0.717) is 18.1 Å². The molecular weight excluding hydrogens is 202 g/mol. The minimum Gasteiger partial charge on any atom is -0.383 e. The normalized spacial score (nSPS) is 10.3. The van der Waals surface area contributed by atoms with E-state index in [1.165, 1.54) is 17.9 Å². The van der Waals surface area contributed by atoms with Gasteiger partial charge in [0.15, 0.2) is 5.82 Å². The molecule has 6 nitrogen and oxygen atoms in total. The molecule has 0 aliphatic carbocycles. The van der Waals surface area contributed by atoms with Crippen LogP contribution in [0.25, 0.3) is 0 Å². The predicted octanol–water partition coefficient (Wildman–Crippen LogP) is 0.763. The fourth-order valence-electron chi connectivity index (χ4n) is 0.972. The monoisotopic (exact) mass is 211 g/mol. The van der Waals surface area contributed by atoms with Gasteiger partial charge in [0, 0.05) is 19.0 Å². The number of nitrogens with zero attached hydrogens (tertiary/aromatic N) is 3. The molecule has 2 aromatic rings. The second-order valence-corrected chi connectivity index (χ2v) is 3.45. The van der Waals surface area contributed by atoms with Crippen LogP contribution < -0.4 is 11.1 Å². The van der Waals surface area contributed by atoms with Gasteiger partial charge < -0.3 is 15.6 Å². The minimum atomic E-state index is 0.539. The maximum absolute atomic E-state index is 5.46. The zero-order valence-corrected chi connectivity index (χ0v) is 8.12. The van der Waals surface area contributed by atoms with Gasteiger partial charge in [-0.05, 0) is 11.5 Å². The summed E-state index contributed by atoms with van der Waals surface area (Å²) in [6, 6.07) is 1.79. The molecule has 3 N–H and O–H groups in total. The average molecular weight is 211 g/mol. The summed E-state index contributed by atoms with van der Waals surface area (Å²) in [7, 11) is 0. The van der Waals surface area contributed by atoms with Crippen molar-refractivity contribution in [2.45, 2.75) is 6.42 Å². The minimum absolute atomic E-state index is 0.539. The van der Waals surface area contributed by atoms with Crippen LogP contribution in [0.5, 0.6) is 0 Å². The average Bonchev–Trinajstić information content (AvgIpc) is 2.77. The SMILES string of the molecule is Nc1cc(NCCc2ncon2)sn1. The van der Waals surface area contributed by atoms with E-state index < -0.39 is 0 Å². The second kappa shape index (κ2) is 4.05. The Morgan fingerprint density at radius 1 is 1.57 bits per heavy atom. The maximum Gasteiger partial charge on any atom is 0.213 e. The Morgan fingerprint density at radius 2 is 2.50 bits per heavy atom. The second-order valence-electron chi connectivity index (χ2n) is 2.64. The van der Waals surface area contributed by atoms with E-state index in [1.54, 1.807) is 6.07 Å². The molecule has 0 spiro atoms. The highest BCUT2D eigenvalue weighted by molar-refractivity contribution is 7.10. The lowest BCUT2D eigenvalue weighted by atomic mass is 10.4. The van der Waals surface area contributed by atoms with Crippen LogP contribution >= 0.6 is 11.5 Å². The van der Waals surface area contributed by atoms with Crippen LogP contribution in [0.1, 0.15) is 5.82 Å². The van der Waals surface area contributed by atoms with Gasteiger partial charge in [-0.1, -0.05) is 5.16 Å². The highest BCUT2D eigenvalue weighted by atomic mass is 32.1. The Morgan fingerprint density at radius 3 is 3.14 bits per heavy atom. The molecular formula is C7H9N5OS. The molecule has 0 aliphatic rings. The molecule has 0 radical (unpaired) electrons. The van der Waals surface area contributed by atoms with Crippen LogP contribution in [0, 0.1) is 0 Å². The highest BCUT2D eigenvalue weighted by Crippen LogP contribution is 2.16. The van der Waals surface area contributed by atoms with E-state index >= 15 is 0 Å². The largest absolute Gasteiger partial charge is 0.383 e. The third-order valence-corrected chi connectivity index (χ3v) is 2.34. The standard InChI is InChI=1S/C7H9N5OS/c8-5-3-7(14-12-5)9-2-1-6-10-4-13-11-6/h3-4,9H,1-2H2,(H2,8,12). The molecule has 0 amide bonds. The van der Waals surface area contributed by atoms with E-state index in [0.717, 1.165) is 11.5 Å². The lowest BCUT2D eigenvalue weighted by Gasteiger charge is -1.98. The Hall–Kier alpha value is -1.63. The van der Waals surface area contributed by atoms with Crippen molar-refractivity contribution in [3.8, 4) is 0 Å². The number of hydrogen-bond donors (Lipinski definition) is 2. The van der Waals surface area contributed by atoms with Crippen molar-refractivity contribution >= 4 is 22.4 Å². The first-order valence-corrected chi connectivity index (χ1v) is 4.83. The summed E-state index contributed by atoms with van der Waals surface area (Å²) in [5, 5.41) is 7.80. The predicted molar refractivity (Wildman–Crippen MR) is 53.0 cm³/mol. The third kappa shape index (κ3) is 2.19. The van der Waals surface area contributed by atoms with Crippen LogP contribution in [0.2, 0.25) is 0 Å². The molecule has 14 heavy (non-hydrogen) atoms. The van der Waals surface area contributed by atoms with Gasteiger partial charge in [-0.2, -0.15) is 9.36 Å². The zero-order chi connectivity index (χ0) is 9.80. The van der Waals surface area contributed by atoms with Gasteiger partial charge in [0.25, 0.3) is 0 Å². The first-order chi connectivity index (χ1) is 6.84. The number of nitrogens with one attached hydrogen (secondary N) is 1. The van der Waals surface area contributed by atoms with Crippen molar-refractivity contribution in [3.63, 3.8) is 0 Å². The van der Waals surface area contributed by atoms with Gasteiger partial charge in [-0.3, -0.25) is 0 Å². The van der Waals surface area contributed by atoms with Gasteiger partial charge in [-0.25, -0.2) is 0 Å². The van der Waals surface area contributed by atoms with Crippen molar-refractivity contribution in [2.75, 3.05) is 17.6 Å². The Bertz CT molecular complexity index is 384. The van der Waals surface area contributed by atoms with Crippen molar-refractivity contribution in [3.05, 3.63) is 18.3 Å². The highest BCUT2D eigenvalue weighted by Gasteiger charge is 2.00. The number of nitrogen functional groups attached to an aromatic ring is 1. The van der Waals surface area contributed by atoms with E-state index in [-0.39, 0.29) is 0 Å². The smallest absolute Gasteiger partial charge is 0.213 e. The number of aromatic nitrogens is 3. The fourth-order valence-corrected chi connectivity index (χ4v) is 1.57. The maximum atomic E-state index is 5.46. The molecule has 7 heteroatoms. The van der Waals surface area contributed by atoms with Crippen molar-refractivity contribution in [1.82, 2.24) is 14.5 Å². The van der Waals surface area contributed by atoms with Gasteiger partial charge >= 0.3 is 0 Å². The van der Waals surface area contributed by atoms with Crippen molar-refractivity contribution in [1.29, 1.82) is 0 Å². The summed E-state index contributed by atoms with van der Waals surface area (Å²) in [5.41, 5.74) is 5.46. The summed E-state index contributed by atoms with van der Waals surface area (Å²) >= 11 is 1.34. The van der Waals surface area contributed by atoms with Gasteiger partial charge in [0.1, 0.15) is 10.8 Å². The fraction of sp³-hybridized carbons (Fsp3) is 0.286. The Balaban J connectivity index is 1.78. The summed E-state index contributed by atoms with van der Waals surface area (Å²) in [5.74, 6) is 1.23.